The fourth-order valence-corrected chi connectivity index (χ4v) is 6.71. The number of para-hydroxylation sites is 1. The number of likely N-dealkylation sites (N-methyl/N-ethyl adjacent to an activating group) is 1. The Bertz CT molecular complexity index is 1500. The predicted octanol–water partition coefficient (Wildman–Crippen LogP) is 2.82. The first-order chi connectivity index (χ1) is 20.1. The van der Waals surface area contributed by atoms with Crippen LogP contribution in [0.1, 0.15) is 38.8 Å². The van der Waals surface area contributed by atoms with E-state index in [1.54, 1.807) is 37.3 Å². The smallest absolute Gasteiger partial charge is 0.461 e. The first-order valence-corrected chi connectivity index (χ1v) is 14.9. The maximum absolute atomic E-state index is 14.2. The summed E-state index contributed by atoms with van der Waals surface area (Å²) in [6.07, 6.45) is 0.718. The van der Waals surface area contributed by atoms with Gasteiger partial charge < -0.3 is 23.5 Å². The van der Waals surface area contributed by atoms with Gasteiger partial charge in [0.25, 0.3) is 5.56 Å². The number of ether oxygens (including phenoxy) is 4. The molecule has 1 aromatic heterocycles. The van der Waals surface area contributed by atoms with Crippen LogP contribution in [-0.4, -0.2) is 70.7 Å². The summed E-state index contributed by atoms with van der Waals surface area (Å²) in [5.41, 5.74) is 6.21. The molecular formula is C25H31N6O10P. The van der Waals surface area contributed by atoms with Gasteiger partial charge in [-0.2, -0.15) is 4.67 Å². The van der Waals surface area contributed by atoms with E-state index in [1.165, 1.54) is 13.2 Å². The number of nitrogens with one attached hydrogen (secondary N) is 1. The highest BCUT2D eigenvalue weighted by Gasteiger charge is 2.66. The van der Waals surface area contributed by atoms with Gasteiger partial charge in [0.15, 0.2) is 12.0 Å². The number of H-pyrrole nitrogens is 1. The third-order valence-electron chi connectivity index (χ3n) is 7.23. The Hall–Kier alpha value is -3.49. The molecule has 2 aromatic rings. The Kier molecular flexibility index (Phi) is 8.58. The molecule has 0 radical (unpaired) electrons. The van der Waals surface area contributed by atoms with Crippen molar-refractivity contribution in [2.45, 2.75) is 62.6 Å². The Morgan fingerprint density at radius 2 is 1.95 bits per heavy atom. The van der Waals surface area contributed by atoms with Crippen molar-refractivity contribution < 1.29 is 37.4 Å². The highest BCUT2D eigenvalue weighted by molar-refractivity contribution is 7.51. The Morgan fingerprint density at radius 1 is 1.21 bits per heavy atom. The van der Waals surface area contributed by atoms with Gasteiger partial charge in [0.2, 0.25) is 5.72 Å². The summed E-state index contributed by atoms with van der Waals surface area (Å²) >= 11 is 0. The van der Waals surface area contributed by atoms with Gasteiger partial charge in [0.1, 0.15) is 24.5 Å². The van der Waals surface area contributed by atoms with Crippen molar-refractivity contribution in [1.29, 1.82) is 0 Å². The number of esters is 1. The molecule has 3 fully saturated rings. The van der Waals surface area contributed by atoms with E-state index in [9.17, 15) is 24.5 Å². The topological polar surface area (TPSA) is 196 Å². The number of nitrogens with zero attached hydrogens (tertiary/aromatic N) is 5. The molecule has 226 valence electrons. The number of rotatable bonds is 11. The van der Waals surface area contributed by atoms with E-state index in [0.29, 0.717) is 12.8 Å². The van der Waals surface area contributed by atoms with E-state index in [2.05, 4.69) is 15.0 Å². The minimum atomic E-state index is -4.35. The van der Waals surface area contributed by atoms with Crippen LogP contribution in [0.4, 0.5) is 0 Å². The lowest BCUT2D eigenvalue weighted by molar-refractivity contribution is -0.237. The van der Waals surface area contributed by atoms with E-state index in [4.69, 9.17) is 28.0 Å². The molecule has 1 spiro atoms. The van der Waals surface area contributed by atoms with Crippen molar-refractivity contribution in [2.24, 2.45) is 5.11 Å². The number of aromatic amines is 1. The molecule has 5 rings (SSSR count). The van der Waals surface area contributed by atoms with Crippen molar-refractivity contribution >= 4 is 13.7 Å². The molecule has 0 amide bonds. The van der Waals surface area contributed by atoms with E-state index in [-0.39, 0.29) is 12.4 Å². The number of aromatic nitrogens is 2. The average molecular weight is 607 g/mol. The van der Waals surface area contributed by atoms with Crippen molar-refractivity contribution in [2.75, 3.05) is 26.8 Å². The monoisotopic (exact) mass is 606 g/mol. The van der Waals surface area contributed by atoms with Crippen LogP contribution in [0.15, 0.2) is 57.3 Å². The van der Waals surface area contributed by atoms with Crippen molar-refractivity contribution in [3.63, 3.8) is 0 Å². The van der Waals surface area contributed by atoms with Crippen LogP contribution in [-0.2, 0) is 32.8 Å². The zero-order valence-corrected chi connectivity index (χ0v) is 23.9. The lowest BCUT2D eigenvalue weighted by Gasteiger charge is -2.34. The zero-order chi connectivity index (χ0) is 30.0. The highest BCUT2D eigenvalue weighted by atomic mass is 31.2. The number of carbonyl (C=O) groups excluding carboxylic acids is 1. The molecule has 0 bridgehead atoms. The molecule has 1 unspecified atom stereocenters. The van der Waals surface area contributed by atoms with Crippen LogP contribution in [0, 0.1) is 0 Å². The number of fused-ring (bicyclic) bond motifs is 1. The third kappa shape index (κ3) is 5.88. The van der Waals surface area contributed by atoms with Gasteiger partial charge in [0, 0.05) is 30.0 Å². The number of hydrogen-bond donors (Lipinski definition) is 1. The summed E-state index contributed by atoms with van der Waals surface area (Å²) in [6.45, 7) is 0.622. The number of benzene rings is 1. The molecule has 2 aliphatic heterocycles. The van der Waals surface area contributed by atoms with Crippen LogP contribution < -0.4 is 15.8 Å². The largest absolute Gasteiger partial charge is 0.465 e. The predicted molar refractivity (Wildman–Crippen MR) is 144 cm³/mol. The normalized spacial score (nSPS) is 27.4. The van der Waals surface area contributed by atoms with Gasteiger partial charge in [-0.1, -0.05) is 23.3 Å². The van der Waals surface area contributed by atoms with E-state index >= 15 is 0 Å². The molecule has 1 aliphatic carbocycles. The molecule has 1 aromatic carbocycles. The Morgan fingerprint density at radius 3 is 2.62 bits per heavy atom. The van der Waals surface area contributed by atoms with Gasteiger partial charge in [0.05, 0.1) is 13.2 Å². The summed E-state index contributed by atoms with van der Waals surface area (Å²) in [5.74, 6) is -1.50. The second kappa shape index (κ2) is 12.0. The van der Waals surface area contributed by atoms with Crippen LogP contribution in [0.2, 0.25) is 0 Å². The lowest BCUT2D eigenvalue weighted by Crippen LogP contribution is -2.46. The third-order valence-corrected chi connectivity index (χ3v) is 9.10. The Balaban J connectivity index is 1.50. The summed E-state index contributed by atoms with van der Waals surface area (Å²) < 4.78 is 51.9. The molecule has 3 aliphatic rings. The average Bonchev–Trinajstić information content (AvgIpc) is 3.65. The molecule has 1 saturated carbocycles. The number of carbonyl (C=O) groups is 1. The molecule has 17 heteroatoms. The molecule has 5 atom stereocenters. The van der Waals surface area contributed by atoms with Crippen LogP contribution in [0.5, 0.6) is 5.75 Å². The SMILES string of the molecule is CCOC(=O)CN(C)P(=O)(OC[C@@]1(N=[N+]=[N-])O[C@@H](n2ccc(=O)[nH]c2=O)[C@@H]2OC3(CCCC3)O[C@@H]21)Oc1ccccc1. The minimum absolute atomic E-state index is 0.110. The molecule has 3 heterocycles. The van der Waals surface area contributed by atoms with Crippen LogP contribution >= 0.6 is 7.75 Å². The minimum Gasteiger partial charge on any atom is -0.465 e. The van der Waals surface area contributed by atoms with E-state index in [0.717, 1.165) is 28.1 Å². The zero-order valence-electron chi connectivity index (χ0n) is 23.0. The first-order valence-electron chi connectivity index (χ1n) is 13.4. The van der Waals surface area contributed by atoms with Gasteiger partial charge in [-0.05, 0) is 44.5 Å². The first kappa shape index (κ1) is 30.0. The molecule has 1 N–H and O–H groups in total. The second-order valence-corrected chi connectivity index (χ2v) is 12.1. The fourth-order valence-electron chi connectivity index (χ4n) is 5.29. The van der Waals surface area contributed by atoms with Gasteiger partial charge in [-0.15, -0.1) is 0 Å². The van der Waals surface area contributed by atoms with Crippen molar-refractivity contribution in [1.82, 2.24) is 14.2 Å². The highest BCUT2D eigenvalue weighted by Crippen LogP contribution is 2.56. The van der Waals surface area contributed by atoms with Gasteiger partial charge in [-0.25, -0.2) is 9.36 Å². The summed E-state index contributed by atoms with van der Waals surface area (Å²) in [4.78, 5) is 41.8. The molecule has 42 heavy (non-hydrogen) atoms. The maximum atomic E-state index is 14.2. The Labute approximate surface area is 239 Å². The standard InChI is InChI=1S/C25H31N6O10P/c1-3-36-19(33)15-30(2)42(35,41-17-9-5-4-6-10-17)37-16-25(28-29-26)21-20(38-24(39-21)12-7-8-13-24)22(40-25)31-14-11-18(32)27-23(31)34/h4-6,9-11,14,20-22H,3,7-8,12-13,15-16H2,1-2H3,(H,27,32,34)/t20-,21+,22-,25-,42?/m1/s1. The second-order valence-electron chi connectivity index (χ2n) is 10.1. The lowest BCUT2D eigenvalue weighted by atomic mass is 10.1. The summed E-state index contributed by atoms with van der Waals surface area (Å²) in [6, 6.07) is 9.30. The molecular weight excluding hydrogens is 575 g/mol. The van der Waals surface area contributed by atoms with Gasteiger partial charge >= 0.3 is 19.4 Å². The van der Waals surface area contributed by atoms with Crippen molar-refractivity contribution in [3.05, 3.63) is 73.9 Å². The number of hydrogen-bond acceptors (Lipinski definition) is 11. The quantitative estimate of drug-likeness (QED) is 0.130. The summed E-state index contributed by atoms with van der Waals surface area (Å²) in [5, 5.41) is 3.89. The van der Waals surface area contributed by atoms with Crippen LogP contribution in [0.3, 0.4) is 0 Å². The van der Waals surface area contributed by atoms with E-state index in [1.807, 2.05) is 0 Å². The summed E-state index contributed by atoms with van der Waals surface area (Å²) in [7, 11) is -3.00. The van der Waals surface area contributed by atoms with Gasteiger partial charge in [-0.3, -0.25) is 23.7 Å². The van der Waals surface area contributed by atoms with Crippen molar-refractivity contribution in [3.8, 4) is 5.75 Å². The van der Waals surface area contributed by atoms with E-state index < -0.39 is 68.1 Å². The maximum Gasteiger partial charge on any atom is 0.461 e. The van der Waals surface area contributed by atoms with Crippen LogP contribution in [0.25, 0.3) is 10.4 Å². The molecule has 16 nitrogen and oxygen atoms in total. The number of azide groups is 1. The molecule has 2 saturated heterocycles. The fraction of sp³-hybridized carbons (Fsp3) is 0.560.